The van der Waals surface area contributed by atoms with E-state index < -0.39 is 17.2 Å². The highest BCUT2D eigenvalue weighted by atomic mass is 16.6. The monoisotopic (exact) mass is 336 g/mol. The summed E-state index contributed by atoms with van der Waals surface area (Å²) in [5, 5.41) is 0. The van der Waals surface area contributed by atoms with Gasteiger partial charge in [0.05, 0.1) is 0 Å². The van der Waals surface area contributed by atoms with Crippen LogP contribution in [0.3, 0.4) is 0 Å². The Morgan fingerprint density at radius 1 is 1.29 bits per heavy atom. The number of amides is 1. The molecule has 0 radical (unpaired) electrons. The minimum Gasteiger partial charge on any atom is -0.444 e. The number of hydrogen-bond acceptors (Lipinski definition) is 3. The molecule has 1 rings (SSSR count). The number of carbonyl (C=O) groups excluding carboxylic acids is 2. The van der Waals surface area contributed by atoms with Crippen LogP contribution in [0.15, 0.2) is 6.07 Å². The second kappa shape index (κ2) is 6.99. The van der Waals surface area contributed by atoms with Gasteiger partial charge in [0.2, 0.25) is 0 Å². The van der Waals surface area contributed by atoms with Crippen LogP contribution in [-0.4, -0.2) is 34.5 Å². The fourth-order valence-corrected chi connectivity index (χ4v) is 2.80. The Morgan fingerprint density at radius 3 is 2.25 bits per heavy atom. The highest BCUT2D eigenvalue weighted by Gasteiger charge is 2.39. The lowest BCUT2D eigenvalue weighted by atomic mass is 9.92. The number of aryl methyl sites for hydroxylation is 1. The summed E-state index contributed by atoms with van der Waals surface area (Å²) in [6.45, 7) is 16.4. The molecule has 0 N–H and O–H groups in total. The number of rotatable bonds is 5. The van der Waals surface area contributed by atoms with Crippen LogP contribution in [0.1, 0.15) is 58.5 Å². The average Bonchev–Trinajstić information content (AvgIpc) is 2.72. The van der Waals surface area contributed by atoms with E-state index in [1.165, 1.54) is 4.90 Å². The SMILES string of the molecule is Cc1cc(C(C)(C=O)N(C)C(=O)OC(C)(C)C)c(C)n1CC(C)C. The third-order valence-corrected chi connectivity index (χ3v) is 4.26. The first-order valence-electron chi connectivity index (χ1n) is 8.43. The molecular weight excluding hydrogens is 304 g/mol. The molecule has 0 saturated carbocycles. The summed E-state index contributed by atoms with van der Waals surface area (Å²) in [5.41, 5.74) is 1.25. The Bertz CT molecular complexity index is 611. The van der Waals surface area contributed by atoms with Gasteiger partial charge in [-0.2, -0.15) is 0 Å². The van der Waals surface area contributed by atoms with Crippen LogP contribution >= 0.6 is 0 Å². The van der Waals surface area contributed by atoms with Crippen molar-refractivity contribution in [3.63, 3.8) is 0 Å². The fraction of sp³-hybridized carbons (Fsp3) is 0.684. The Kier molecular flexibility index (Phi) is 5.91. The summed E-state index contributed by atoms with van der Waals surface area (Å²) >= 11 is 0. The highest BCUT2D eigenvalue weighted by molar-refractivity contribution is 5.78. The number of aromatic nitrogens is 1. The molecule has 136 valence electrons. The third-order valence-electron chi connectivity index (χ3n) is 4.26. The summed E-state index contributed by atoms with van der Waals surface area (Å²) in [7, 11) is 1.61. The molecule has 1 amide bonds. The van der Waals surface area contributed by atoms with Gasteiger partial charge in [0.25, 0.3) is 0 Å². The number of ether oxygens (including phenoxy) is 1. The maximum atomic E-state index is 12.5. The van der Waals surface area contributed by atoms with E-state index in [4.69, 9.17) is 4.74 Å². The molecule has 1 atom stereocenters. The van der Waals surface area contributed by atoms with Crippen LogP contribution in [0, 0.1) is 19.8 Å². The number of hydrogen-bond donors (Lipinski definition) is 0. The van der Waals surface area contributed by atoms with Crippen molar-refractivity contribution in [1.82, 2.24) is 9.47 Å². The van der Waals surface area contributed by atoms with Gasteiger partial charge < -0.3 is 14.1 Å². The lowest BCUT2D eigenvalue weighted by Crippen LogP contribution is -2.48. The van der Waals surface area contributed by atoms with Crippen molar-refractivity contribution >= 4 is 12.4 Å². The quantitative estimate of drug-likeness (QED) is 0.763. The summed E-state index contributed by atoms with van der Waals surface area (Å²) in [6, 6.07) is 1.99. The standard InChI is InChI=1S/C19H32N2O3/c1-13(2)11-21-14(3)10-16(15(21)4)19(8,12-22)20(9)17(23)24-18(5,6)7/h10,12-13H,11H2,1-9H3. The van der Waals surface area contributed by atoms with Crippen molar-refractivity contribution in [1.29, 1.82) is 0 Å². The fourth-order valence-electron chi connectivity index (χ4n) is 2.80. The van der Waals surface area contributed by atoms with Crippen LogP contribution in [-0.2, 0) is 21.6 Å². The van der Waals surface area contributed by atoms with E-state index in [1.807, 2.05) is 40.7 Å². The van der Waals surface area contributed by atoms with Gasteiger partial charge in [0.1, 0.15) is 17.4 Å². The molecular formula is C19H32N2O3. The van der Waals surface area contributed by atoms with Crippen LogP contribution in [0.5, 0.6) is 0 Å². The van der Waals surface area contributed by atoms with Crippen molar-refractivity contribution in [3.8, 4) is 0 Å². The Balaban J connectivity index is 3.29. The number of carbonyl (C=O) groups is 2. The zero-order valence-corrected chi connectivity index (χ0v) is 16.6. The van der Waals surface area contributed by atoms with E-state index in [1.54, 1.807) is 14.0 Å². The number of likely N-dealkylation sites (N-methyl/N-ethyl adjacent to an activating group) is 1. The molecule has 1 unspecified atom stereocenters. The number of aldehydes is 1. The lowest BCUT2D eigenvalue weighted by Gasteiger charge is -2.35. The van der Waals surface area contributed by atoms with Crippen molar-refractivity contribution in [2.24, 2.45) is 5.92 Å². The van der Waals surface area contributed by atoms with Gasteiger partial charge in [-0.1, -0.05) is 13.8 Å². The van der Waals surface area contributed by atoms with Gasteiger partial charge in [-0.25, -0.2) is 4.79 Å². The molecule has 0 aliphatic carbocycles. The lowest BCUT2D eigenvalue weighted by molar-refractivity contribution is -0.117. The number of nitrogens with zero attached hydrogens (tertiary/aromatic N) is 2. The zero-order valence-electron chi connectivity index (χ0n) is 16.6. The first-order valence-corrected chi connectivity index (χ1v) is 8.43. The molecule has 5 heteroatoms. The van der Waals surface area contributed by atoms with Crippen molar-refractivity contribution < 1.29 is 14.3 Å². The van der Waals surface area contributed by atoms with Gasteiger partial charge >= 0.3 is 6.09 Å². The van der Waals surface area contributed by atoms with E-state index in [-0.39, 0.29) is 0 Å². The molecule has 0 aliphatic rings. The van der Waals surface area contributed by atoms with E-state index in [0.717, 1.165) is 29.8 Å². The Hall–Kier alpha value is -1.78. The molecule has 5 nitrogen and oxygen atoms in total. The molecule has 0 aromatic carbocycles. The predicted octanol–water partition coefficient (Wildman–Crippen LogP) is 4.04. The minimum atomic E-state index is -1.07. The second-order valence-electron chi connectivity index (χ2n) is 8.09. The van der Waals surface area contributed by atoms with Crippen LogP contribution < -0.4 is 0 Å². The van der Waals surface area contributed by atoms with Crippen molar-refractivity contribution in [2.75, 3.05) is 7.05 Å². The maximum absolute atomic E-state index is 12.5. The highest BCUT2D eigenvalue weighted by Crippen LogP contribution is 2.32. The van der Waals surface area contributed by atoms with Gasteiger partial charge in [0.15, 0.2) is 0 Å². The van der Waals surface area contributed by atoms with Crippen LogP contribution in [0.4, 0.5) is 4.79 Å². The second-order valence-corrected chi connectivity index (χ2v) is 8.09. The van der Waals surface area contributed by atoms with Crippen molar-refractivity contribution in [3.05, 3.63) is 23.0 Å². The normalized spacial score (nSPS) is 14.4. The third kappa shape index (κ3) is 4.19. The summed E-state index contributed by atoms with van der Waals surface area (Å²) in [4.78, 5) is 25.8. The van der Waals surface area contributed by atoms with E-state index >= 15 is 0 Å². The summed E-state index contributed by atoms with van der Waals surface area (Å²) < 4.78 is 7.63. The smallest absolute Gasteiger partial charge is 0.411 e. The molecule has 1 heterocycles. The van der Waals surface area contributed by atoms with Crippen LogP contribution in [0.2, 0.25) is 0 Å². The molecule has 1 aromatic rings. The minimum absolute atomic E-state index is 0.494. The van der Waals surface area contributed by atoms with Gasteiger partial charge in [0, 0.05) is 30.5 Å². The Labute approximate surface area is 146 Å². The molecule has 0 saturated heterocycles. The maximum Gasteiger partial charge on any atom is 0.411 e. The van der Waals surface area contributed by atoms with E-state index in [0.29, 0.717) is 5.92 Å². The van der Waals surface area contributed by atoms with E-state index in [2.05, 4.69) is 18.4 Å². The first-order chi connectivity index (χ1) is 10.8. The first kappa shape index (κ1) is 20.3. The largest absolute Gasteiger partial charge is 0.444 e. The van der Waals surface area contributed by atoms with Gasteiger partial charge in [-0.05, 0) is 53.5 Å². The molecule has 0 fully saturated rings. The predicted molar refractivity (Wildman–Crippen MR) is 96.2 cm³/mol. The molecule has 24 heavy (non-hydrogen) atoms. The van der Waals surface area contributed by atoms with Crippen molar-refractivity contribution in [2.45, 2.75) is 73.1 Å². The van der Waals surface area contributed by atoms with Gasteiger partial charge in [-0.3, -0.25) is 4.90 Å². The summed E-state index contributed by atoms with van der Waals surface area (Å²) in [5.74, 6) is 0.494. The zero-order chi connectivity index (χ0) is 18.9. The molecule has 0 bridgehead atoms. The molecule has 0 spiro atoms. The molecule has 1 aromatic heterocycles. The topological polar surface area (TPSA) is 51.5 Å². The van der Waals surface area contributed by atoms with E-state index in [9.17, 15) is 9.59 Å². The summed E-state index contributed by atoms with van der Waals surface area (Å²) in [6.07, 6.45) is 0.309. The molecule has 0 aliphatic heterocycles. The average molecular weight is 336 g/mol. The van der Waals surface area contributed by atoms with Gasteiger partial charge in [-0.15, -0.1) is 0 Å². The Morgan fingerprint density at radius 2 is 1.83 bits per heavy atom. The van der Waals surface area contributed by atoms with Crippen LogP contribution in [0.25, 0.3) is 0 Å².